The van der Waals surface area contributed by atoms with Crippen LogP contribution in [0.2, 0.25) is 0 Å². The maximum absolute atomic E-state index is 9.00. The number of pyridine rings is 4. The Morgan fingerprint density at radius 2 is 0.986 bits per heavy atom. The third kappa shape index (κ3) is 23.1. The first kappa shape index (κ1) is 60.3. The van der Waals surface area contributed by atoms with Crippen LogP contribution in [0.25, 0.3) is 45.0 Å². The van der Waals surface area contributed by atoms with Crippen LogP contribution in [0, 0.1) is 85.7 Å². The summed E-state index contributed by atoms with van der Waals surface area (Å²) < 4.78 is 12.2. The second kappa shape index (κ2) is 34.4. The number of carboxylic acids is 2. The third-order valence-corrected chi connectivity index (χ3v) is 8.71. The molecule has 0 bridgehead atoms. The van der Waals surface area contributed by atoms with E-state index in [1.807, 2.05) is 147 Å². The summed E-state index contributed by atoms with van der Waals surface area (Å²) in [5, 5.41) is 14.8. The Balaban J connectivity index is 0.000000366. The predicted octanol–water partition coefficient (Wildman–Crippen LogP) is 12.3. The van der Waals surface area contributed by atoms with E-state index >= 15 is 0 Å². The number of aromatic nitrogens is 4. The SMILES string of the molecule is C#CC#CC#CC#CC#CC.CC(=O)O.CC(=O)O.Cc1ccc(-c2ccccn2)[c-]c1Oc1[c-]c(-c2ccccn2)ccc1.Cc1ccc(-c2ccccn2)cc1Oc1cccc(-c2ccccn2)c1.[Pd+2].[Pd]. The maximum Gasteiger partial charge on any atom is 2.00 e. The van der Waals surface area contributed by atoms with Crippen molar-refractivity contribution < 1.29 is 70.1 Å². The van der Waals surface area contributed by atoms with E-state index in [4.69, 9.17) is 35.7 Å². The van der Waals surface area contributed by atoms with Gasteiger partial charge in [0.05, 0.1) is 11.4 Å². The van der Waals surface area contributed by atoms with Crippen LogP contribution < -0.4 is 9.47 Å². The van der Waals surface area contributed by atoms with Gasteiger partial charge in [0.15, 0.2) is 0 Å². The van der Waals surface area contributed by atoms with Crippen LogP contribution in [0.3, 0.4) is 0 Å². The van der Waals surface area contributed by atoms with E-state index in [1.54, 1.807) is 31.7 Å². The fraction of sp³-hybridized carbons (Fsp3) is 0.0820. The van der Waals surface area contributed by atoms with E-state index in [2.05, 4.69) is 97.5 Å². The molecule has 0 spiro atoms. The molecule has 12 heteroatoms. The normalized spacial score (nSPS) is 8.71. The second-order valence-corrected chi connectivity index (χ2v) is 14.2. The van der Waals surface area contributed by atoms with Gasteiger partial charge in [-0.2, -0.15) is 0 Å². The predicted molar refractivity (Wildman–Crippen MR) is 278 cm³/mol. The van der Waals surface area contributed by atoms with E-state index in [-0.39, 0.29) is 40.8 Å². The number of aliphatic carboxylic acids is 2. The van der Waals surface area contributed by atoms with E-state index in [9.17, 15) is 0 Å². The van der Waals surface area contributed by atoms with Gasteiger partial charge >= 0.3 is 20.4 Å². The molecule has 0 atom stereocenters. The first-order valence-electron chi connectivity index (χ1n) is 21.5. The van der Waals surface area contributed by atoms with Crippen molar-refractivity contribution in [3.63, 3.8) is 0 Å². The molecular weight excluding hydrogens is 1100 g/mol. The molecule has 0 aliphatic carbocycles. The first-order chi connectivity index (χ1) is 34.5. The number of terminal acetylenes is 1. The summed E-state index contributed by atoms with van der Waals surface area (Å²) in [6.07, 6.45) is 12.0. The molecule has 0 saturated carbocycles. The summed E-state index contributed by atoms with van der Waals surface area (Å²) in [6, 6.07) is 53.9. The Labute approximate surface area is 455 Å². The largest absolute Gasteiger partial charge is 2.00 e. The van der Waals surface area contributed by atoms with E-state index in [1.165, 1.54) is 0 Å². The van der Waals surface area contributed by atoms with Gasteiger partial charge in [-0.3, -0.25) is 19.6 Å². The molecule has 10 nitrogen and oxygen atoms in total. The van der Waals surface area contributed by atoms with Crippen molar-refractivity contribution in [2.75, 3.05) is 0 Å². The smallest absolute Gasteiger partial charge is 0.496 e. The third-order valence-electron chi connectivity index (χ3n) is 8.71. The minimum absolute atomic E-state index is 0. The molecule has 73 heavy (non-hydrogen) atoms. The zero-order valence-electron chi connectivity index (χ0n) is 40.2. The number of hydrogen-bond acceptors (Lipinski definition) is 8. The zero-order chi connectivity index (χ0) is 51.1. The van der Waals surface area contributed by atoms with Gasteiger partial charge in [0, 0.05) is 81.7 Å². The van der Waals surface area contributed by atoms with Crippen LogP contribution >= 0.6 is 0 Å². The number of carboxylic acid groups (broad SMARTS) is 2. The molecule has 4 heterocycles. The quantitative estimate of drug-likeness (QED) is 0.0857. The minimum atomic E-state index is -0.833. The number of carbonyl (C=O) groups is 2. The van der Waals surface area contributed by atoms with Gasteiger partial charge in [0.1, 0.15) is 11.5 Å². The van der Waals surface area contributed by atoms with Gasteiger partial charge in [-0.25, -0.2) is 0 Å². The van der Waals surface area contributed by atoms with Crippen LogP contribution in [0.5, 0.6) is 23.0 Å². The molecule has 0 amide bonds. The molecule has 0 saturated heterocycles. The van der Waals surface area contributed by atoms with E-state index < -0.39 is 11.9 Å². The molecule has 0 aliphatic heterocycles. The number of hydrogen-bond donors (Lipinski definition) is 2. The summed E-state index contributed by atoms with van der Waals surface area (Å²) in [7, 11) is 0. The summed E-state index contributed by atoms with van der Waals surface area (Å²) >= 11 is 0. The van der Waals surface area contributed by atoms with E-state index in [0.717, 1.165) is 81.5 Å². The van der Waals surface area contributed by atoms with Crippen LogP contribution in [0.4, 0.5) is 0 Å². The number of rotatable bonds is 8. The summed E-state index contributed by atoms with van der Waals surface area (Å²) in [4.78, 5) is 35.6. The van der Waals surface area contributed by atoms with Crippen LogP contribution in [0.15, 0.2) is 170 Å². The number of ether oxygens (including phenoxy) is 2. The number of benzene rings is 4. The van der Waals surface area contributed by atoms with Crippen molar-refractivity contribution in [2.45, 2.75) is 34.6 Å². The molecule has 4 aromatic carbocycles. The van der Waals surface area contributed by atoms with Gasteiger partial charge < -0.3 is 29.7 Å². The summed E-state index contributed by atoms with van der Waals surface area (Å²) in [5.74, 6) is 23.2. The van der Waals surface area contributed by atoms with E-state index in [0.29, 0.717) is 11.5 Å². The van der Waals surface area contributed by atoms with Crippen molar-refractivity contribution in [2.24, 2.45) is 0 Å². The van der Waals surface area contributed by atoms with Gasteiger partial charge in [-0.1, -0.05) is 91.2 Å². The fourth-order valence-corrected chi connectivity index (χ4v) is 5.65. The molecule has 0 radical (unpaired) electrons. The standard InChI is InChI=1S/C23H18N2O.C23H16N2O.C11H4.2C2H4O2.2Pd/c2*1-17-11-12-19(22-10-3-5-14-25-22)16-23(17)26-20-8-6-7-18(15-20)21-9-2-4-13-24-21;1-3-5-7-9-11-10-8-6-4-2;2*1-2(3)4;;/h2-16H,1H3;2-14H,1H3;1H,2H3;2*1H3,(H,3,4);;/q;-2;;;;;+2. The van der Waals surface area contributed by atoms with Crippen molar-refractivity contribution in [3.05, 3.63) is 194 Å². The maximum atomic E-state index is 9.00. The monoisotopic (exact) mass is 1140 g/mol. The van der Waals surface area contributed by atoms with Gasteiger partial charge in [-0.05, 0) is 133 Å². The Hall–Kier alpha value is -8.86. The molecule has 366 valence electrons. The van der Waals surface area contributed by atoms with Gasteiger partial charge in [0.2, 0.25) is 0 Å². The van der Waals surface area contributed by atoms with Crippen molar-refractivity contribution in [1.29, 1.82) is 0 Å². The topological polar surface area (TPSA) is 145 Å². The zero-order valence-corrected chi connectivity index (χ0v) is 43.3. The molecule has 4 aromatic heterocycles. The Bertz CT molecular complexity index is 3120. The van der Waals surface area contributed by atoms with Gasteiger partial charge in [0.25, 0.3) is 11.9 Å². The summed E-state index contributed by atoms with van der Waals surface area (Å²) in [5.41, 5.74) is 9.51. The van der Waals surface area contributed by atoms with Crippen molar-refractivity contribution >= 4 is 11.9 Å². The Morgan fingerprint density at radius 3 is 1.49 bits per heavy atom. The van der Waals surface area contributed by atoms with Crippen molar-refractivity contribution in [1.82, 2.24) is 19.9 Å². The number of nitrogens with zero attached hydrogens (tertiary/aromatic N) is 4. The van der Waals surface area contributed by atoms with Crippen LogP contribution in [-0.2, 0) is 50.4 Å². The second-order valence-electron chi connectivity index (χ2n) is 14.2. The van der Waals surface area contributed by atoms with Crippen LogP contribution in [-0.4, -0.2) is 42.1 Å². The van der Waals surface area contributed by atoms with Crippen LogP contribution in [0.1, 0.15) is 31.9 Å². The average Bonchev–Trinajstić information content (AvgIpc) is 3.39. The molecular formula is C61H46N4O6Pd2. The molecule has 8 aromatic rings. The number of aryl methyl sites for hydroxylation is 2. The Morgan fingerprint density at radius 1 is 0.521 bits per heavy atom. The first-order valence-corrected chi connectivity index (χ1v) is 21.5. The molecule has 0 fully saturated rings. The molecule has 8 rings (SSSR count). The molecule has 0 aliphatic rings. The minimum Gasteiger partial charge on any atom is -0.496 e. The summed E-state index contributed by atoms with van der Waals surface area (Å²) in [6.45, 7) is 7.91. The molecule has 2 N–H and O–H groups in total. The average molecular weight is 1140 g/mol. The van der Waals surface area contributed by atoms with Gasteiger partial charge in [-0.15, -0.1) is 47.9 Å². The molecule has 0 unspecified atom stereocenters. The Kier molecular flexibility index (Phi) is 28.4. The fourth-order valence-electron chi connectivity index (χ4n) is 5.65. The van der Waals surface area contributed by atoms with Crippen molar-refractivity contribution in [3.8, 4) is 128 Å².